The van der Waals surface area contributed by atoms with Crippen molar-refractivity contribution in [2.45, 2.75) is 6.18 Å². The van der Waals surface area contributed by atoms with Crippen LogP contribution in [0.1, 0.15) is 15.9 Å². The van der Waals surface area contributed by atoms with E-state index in [0.717, 1.165) is 6.07 Å². The molecule has 1 fully saturated rings. The molecule has 3 heterocycles. The Hall–Kier alpha value is -3.43. The van der Waals surface area contributed by atoms with E-state index in [2.05, 4.69) is 15.2 Å². The van der Waals surface area contributed by atoms with Crippen LogP contribution in [0.5, 0.6) is 0 Å². The van der Waals surface area contributed by atoms with E-state index in [1.54, 1.807) is 29.4 Å². The fourth-order valence-electron chi connectivity index (χ4n) is 3.24. The second-order valence-corrected chi connectivity index (χ2v) is 6.54. The average molecular weight is 402 g/mol. The number of imidazole rings is 1. The van der Waals surface area contributed by atoms with E-state index >= 15 is 0 Å². The molecule has 2 aromatic heterocycles. The van der Waals surface area contributed by atoms with Gasteiger partial charge in [0.05, 0.1) is 11.1 Å². The van der Waals surface area contributed by atoms with Crippen molar-refractivity contribution in [3.05, 3.63) is 66.2 Å². The molecule has 0 bridgehead atoms. The van der Waals surface area contributed by atoms with E-state index in [9.17, 15) is 18.0 Å². The number of nitrogens with zero attached hydrogens (tertiary/aromatic N) is 6. The molecule has 0 aliphatic carbocycles. The number of benzene rings is 1. The smallest absolute Gasteiger partial charge is 0.352 e. The molecule has 1 amide bonds. The topological polar surface area (TPSA) is 67.2 Å². The van der Waals surface area contributed by atoms with Crippen molar-refractivity contribution < 1.29 is 18.0 Å². The van der Waals surface area contributed by atoms with Gasteiger partial charge in [-0.2, -0.15) is 13.2 Å². The van der Waals surface area contributed by atoms with Crippen LogP contribution in [0, 0.1) is 0 Å². The van der Waals surface area contributed by atoms with E-state index in [-0.39, 0.29) is 5.56 Å². The highest BCUT2D eigenvalue weighted by Crippen LogP contribution is 2.32. The standard InChI is InChI=1S/C19H17F3N6O/c20-19(21,22)15-4-2-1-3-14(15)18(29)27-11-9-26(10-12-27)16-5-6-17(25-24-16)28-8-7-23-13-28/h1-8,13H,9-12H2. The minimum Gasteiger partial charge on any atom is -0.352 e. The second kappa shape index (κ2) is 7.53. The number of amides is 1. The van der Waals surface area contributed by atoms with Crippen LogP contribution in [0.25, 0.3) is 5.82 Å². The molecule has 0 spiro atoms. The lowest BCUT2D eigenvalue weighted by Crippen LogP contribution is -2.49. The van der Waals surface area contributed by atoms with Crippen LogP contribution in [-0.4, -0.2) is 56.7 Å². The third kappa shape index (κ3) is 3.91. The predicted octanol–water partition coefficient (Wildman–Crippen LogP) is 2.64. The van der Waals surface area contributed by atoms with E-state index in [4.69, 9.17) is 0 Å². The minimum absolute atomic E-state index is 0.302. The largest absolute Gasteiger partial charge is 0.417 e. The fourth-order valence-corrected chi connectivity index (χ4v) is 3.24. The van der Waals surface area contributed by atoms with Crippen molar-refractivity contribution in [1.82, 2.24) is 24.6 Å². The maximum atomic E-state index is 13.2. The summed E-state index contributed by atoms with van der Waals surface area (Å²) >= 11 is 0. The van der Waals surface area contributed by atoms with Gasteiger partial charge in [-0.1, -0.05) is 12.1 Å². The summed E-state index contributed by atoms with van der Waals surface area (Å²) < 4.78 is 41.3. The molecule has 0 unspecified atom stereocenters. The van der Waals surface area contributed by atoms with Gasteiger partial charge < -0.3 is 9.80 Å². The van der Waals surface area contributed by atoms with E-state index in [1.165, 1.54) is 23.1 Å². The third-order valence-electron chi connectivity index (χ3n) is 4.76. The lowest BCUT2D eigenvalue weighted by Gasteiger charge is -2.35. The molecule has 3 aromatic rings. The minimum atomic E-state index is -4.57. The van der Waals surface area contributed by atoms with E-state index in [0.29, 0.717) is 37.8 Å². The van der Waals surface area contributed by atoms with Crippen LogP contribution in [-0.2, 0) is 6.18 Å². The lowest BCUT2D eigenvalue weighted by molar-refractivity contribution is -0.138. The summed E-state index contributed by atoms with van der Waals surface area (Å²) in [5.74, 6) is 0.666. The summed E-state index contributed by atoms with van der Waals surface area (Å²) in [6.45, 7) is 1.52. The monoisotopic (exact) mass is 402 g/mol. The van der Waals surface area contributed by atoms with Crippen molar-refractivity contribution in [2.75, 3.05) is 31.1 Å². The molecule has 0 saturated carbocycles. The normalized spacial score (nSPS) is 14.9. The fraction of sp³-hybridized carbons (Fsp3) is 0.263. The van der Waals surface area contributed by atoms with E-state index < -0.39 is 17.6 Å². The predicted molar refractivity (Wildman–Crippen MR) is 98.7 cm³/mol. The van der Waals surface area contributed by atoms with Crippen LogP contribution in [0.3, 0.4) is 0 Å². The molecule has 1 aliphatic heterocycles. The van der Waals surface area contributed by atoms with Crippen LogP contribution in [0.2, 0.25) is 0 Å². The third-order valence-corrected chi connectivity index (χ3v) is 4.76. The number of carbonyl (C=O) groups excluding carboxylic acids is 1. The summed E-state index contributed by atoms with van der Waals surface area (Å²) in [5.41, 5.74) is -1.23. The Balaban J connectivity index is 1.43. The van der Waals surface area contributed by atoms with Crippen LogP contribution < -0.4 is 4.90 Å². The number of hydrogen-bond donors (Lipinski definition) is 0. The maximum absolute atomic E-state index is 13.2. The number of alkyl halides is 3. The van der Waals surface area contributed by atoms with Crippen LogP contribution in [0.4, 0.5) is 19.0 Å². The first-order valence-corrected chi connectivity index (χ1v) is 8.96. The van der Waals surface area contributed by atoms with Gasteiger partial charge in [0, 0.05) is 38.6 Å². The van der Waals surface area contributed by atoms with Crippen LogP contribution in [0.15, 0.2) is 55.1 Å². The zero-order valence-corrected chi connectivity index (χ0v) is 15.3. The number of carbonyl (C=O) groups is 1. The molecule has 0 atom stereocenters. The molecule has 150 valence electrons. The Bertz CT molecular complexity index is 980. The Labute approximate surface area is 164 Å². The highest BCUT2D eigenvalue weighted by Gasteiger charge is 2.36. The first-order valence-electron chi connectivity index (χ1n) is 8.96. The number of aromatic nitrogens is 4. The summed E-state index contributed by atoms with van der Waals surface area (Å²) in [6.07, 6.45) is 0.448. The SMILES string of the molecule is O=C(c1ccccc1C(F)(F)F)N1CCN(c2ccc(-n3ccnc3)nn2)CC1. The molecule has 29 heavy (non-hydrogen) atoms. The molecule has 10 heteroatoms. The molecule has 1 aliphatic rings. The zero-order chi connectivity index (χ0) is 20.4. The summed E-state index contributed by atoms with van der Waals surface area (Å²) in [7, 11) is 0. The molecule has 1 saturated heterocycles. The number of rotatable bonds is 3. The molecular weight excluding hydrogens is 385 g/mol. The number of hydrogen-bond acceptors (Lipinski definition) is 5. The van der Waals surface area contributed by atoms with Gasteiger partial charge in [-0.15, -0.1) is 10.2 Å². The Morgan fingerprint density at radius 2 is 1.62 bits per heavy atom. The average Bonchev–Trinajstić information content (AvgIpc) is 3.28. The Morgan fingerprint density at radius 1 is 0.931 bits per heavy atom. The number of halogens is 3. The van der Waals surface area contributed by atoms with Gasteiger partial charge in [-0.25, -0.2) is 4.98 Å². The second-order valence-electron chi connectivity index (χ2n) is 6.54. The van der Waals surface area contributed by atoms with Gasteiger partial charge in [-0.3, -0.25) is 9.36 Å². The Kier molecular flexibility index (Phi) is 4.91. The quantitative estimate of drug-likeness (QED) is 0.674. The molecule has 1 aromatic carbocycles. The zero-order valence-electron chi connectivity index (χ0n) is 15.3. The maximum Gasteiger partial charge on any atom is 0.417 e. The van der Waals surface area contributed by atoms with Gasteiger partial charge in [0.2, 0.25) is 0 Å². The lowest BCUT2D eigenvalue weighted by atomic mass is 10.1. The Morgan fingerprint density at radius 3 is 2.24 bits per heavy atom. The highest BCUT2D eigenvalue weighted by molar-refractivity contribution is 5.96. The molecule has 4 rings (SSSR count). The summed E-state index contributed by atoms with van der Waals surface area (Å²) in [6, 6.07) is 8.50. The summed E-state index contributed by atoms with van der Waals surface area (Å²) in [4.78, 5) is 20.0. The number of piperazine rings is 1. The molecule has 7 nitrogen and oxygen atoms in total. The van der Waals surface area contributed by atoms with Crippen molar-refractivity contribution in [1.29, 1.82) is 0 Å². The van der Waals surface area contributed by atoms with Crippen molar-refractivity contribution >= 4 is 11.7 Å². The van der Waals surface area contributed by atoms with Gasteiger partial charge in [-0.05, 0) is 24.3 Å². The summed E-state index contributed by atoms with van der Waals surface area (Å²) in [5, 5.41) is 8.37. The number of anilines is 1. The first kappa shape index (κ1) is 18.9. The molecule has 0 N–H and O–H groups in total. The van der Waals surface area contributed by atoms with Crippen LogP contribution >= 0.6 is 0 Å². The van der Waals surface area contributed by atoms with Crippen molar-refractivity contribution in [3.63, 3.8) is 0 Å². The van der Waals surface area contributed by atoms with Gasteiger partial charge in [0.1, 0.15) is 6.33 Å². The van der Waals surface area contributed by atoms with Crippen molar-refractivity contribution in [3.8, 4) is 5.82 Å². The van der Waals surface area contributed by atoms with E-state index in [1.807, 2.05) is 11.0 Å². The van der Waals surface area contributed by atoms with Gasteiger partial charge in [0.15, 0.2) is 11.6 Å². The van der Waals surface area contributed by atoms with Crippen molar-refractivity contribution in [2.24, 2.45) is 0 Å². The molecular formula is C19H17F3N6O. The highest BCUT2D eigenvalue weighted by atomic mass is 19.4. The first-order chi connectivity index (χ1) is 13.9. The molecule has 0 radical (unpaired) electrons. The van der Waals surface area contributed by atoms with Gasteiger partial charge in [0.25, 0.3) is 5.91 Å². The van der Waals surface area contributed by atoms with Gasteiger partial charge >= 0.3 is 6.18 Å².